The molecule has 26 heavy (non-hydrogen) atoms. The van der Waals surface area contributed by atoms with E-state index in [1.165, 1.54) is 6.07 Å². The van der Waals surface area contributed by atoms with E-state index in [2.05, 4.69) is 10.1 Å². The zero-order valence-corrected chi connectivity index (χ0v) is 13.9. The molecular weight excluding hydrogens is 359 g/mol. The highest BCUT2D eigenvalue weighted by Crippen LogP contribution is 2.37. The second-order valence-electron chi connectivity index (χ2n) is 6.05. The first-order valence-electron chi connectivity index (χ1n) is 7.15. The van der Waals surface area contributed by atoms with Crippen LogP contribution in [0.25, 0.3) is 5.69 Å². The maximum Gasteiger partial charge on any atom is 0.435 e. The number of amides is 1. The molecule has 0 unspecified atom stereocenters. The fourth-order valence-electron chi connectivity index (χ4n) is 2.00. The molecule has 0 saturated heterocycles. The van der Waals surface area contributed by atoms with Crippen LogP contribution in [0, 0.1) is 10.1 Å². The van der Waals surface area contributed by atoms with Crippen LogP contribution in [-0.2, 0) is 10.9 Å². The number of nitro groups is 1. The first-order chi connectivity index (χ1) is 11.9. The van der Waals surface area contributed by atoms with Gasteiger partial charge in [-0.3, -0.25) is 5.32 Å². The minimum atomic E-state index is -4.97. The van der Waals surface area contributed by atoms with Crippen LogP contribution in [0.2, 0.25) is 0 Å². The van der Waals surface area contributed by atoms with Gasteiger partial charge in [0, 0.05) is 0 Å². The Morgan fingerprint density at radius 3 is 2.54 bits per heavy atom. The highest BCUT2D eigenvalue weighted by molar-refractivity contribution is 5.85. The van der Waals surface area contributed by atoms with Crippen LogP contribution in [0.5, 0.6) is 0 Å². The number of pyridine rings is 1. The molecule has 2 aromatic rings. The molecule has 0 atom stereocenters. The third-order valence-corrected chi connectivity index (χ3v) is 2.84. The van der Waals surface area contributed by atoms with Gasteiger partial charge in [-0.05, 0) is 42.8 Å². The third-order valence-electron chi connectivity index (χ3n) is 2.84. The van der Waals surface area contributed by atoms with E-state index in [1.54, 1.807) is 20.8 Å². The van der Waals surface area contributed by atoms with Crippen molar-refractivity contribution < 1.29 is 27.6 Å². The van der Waals surface area contributed by atoms with Crippen molar-refractivity contribution in [1.82, 2.24) is 14.8 Å². The molecule has 12 heteroatoms. The Hall–Kier alpha value is -3.18. The topological polar surface area (TPSA) is 112 Å². The lowest BCUT2D eigenvalue weighted by atomic mass is 10.2. The number of ether oxygens (including phenoxy) is 1. The number of hydrogen-bond donors (Lipinski definition) is 1. The van der Waals surface area contributed by atoms with E-state index < -0.39 is 45.7 Å². The smallest absolute Gasteiger partial charge is 0.435 e. The molecular formula is C14H14F3N5O4. The maximum absolute atomic E-state index is 13.5. The van der Waals surface area contributed by atoms with Gasteiger partial charge in [0.05, 0.1) is 11.9 Å². The quantitative estimate of drug-likeness (QED) is 0.650. The summed E-state index contributed by atoms with van der Waals surface area (Å²) in [6.45, 7) is 4.62. The Morgan fingerprint density at radius 2 is 2.00 bits per heavy atom. The van der Waals surface area contributed by atoms with Crippen LogP contribution >= 0.6 is 0 Å². The predicted molar refractivity (Wildman–Crippen MR) is 82.9 cm³/mol. The van der Waals surface area contributed by atoms with Gasteiger partial charge in [-0.15, -0.1) is 0 Å². The second kappa shape index (κ2) is 6.61. The van der Waals surface area contributed by atoms with Gasteiger partial charge in [-0.1, -0.05) is 0 Å². The van der Waals surface area contributed by atoms with E-state index >= 15 is 0 Å². The first-order valence-corrected chi connectivity index (χ1v) is 7.15. The average molecular weight is 373 g/mol. The Kier molecular flexibility index (Phi) is 4.87. The van der Waals surface area contributed by atoms with Gasteiger partial charge < -0.3 is 14.9 Å². The van der Waals surface area contributed by atoms with Crippen molar-refractivity contribution in [3.8, 4) is 5.69 Å². The van der Waals surface area contributed by atoms with Gasteiger partial charge in [-0.25, -0.2) is 9.48 Å². The number of carbonyl (C=O) groups excluding carboxylic acids is 1. The van der Waals surface area contributed by atoms with Crippen molar-refractivity contribution in [1.29, 1.82) is 0 Å². The lowest BCUT2D eigenvalue weighted by molar-refractivity contribution is -0.389. The van der Waals surface area contributed by atoms with E-state index in [1.807, 2.05) is 5.32 Å². The Morgan fingerprint density at radius 1 is 1.35 bits per heavy atom. The lowest BCUT2D eigenvalue weighted by Crippen LogP contribution is -2.28. The minimum absolute atomic E-state index is 0.303. The number of halogens is 3. The van der Waals surface area contributed by atoms with Crippen LogP contribution in [-0.4, -0.2) is 31.4 Å². The van der Waals surface area contributed by atoms with Gasteiger partial charge in [0.25, 0.3) is 0 Å². The van der Waals surface area contributed by atoms with Crippen molar-refractivity contribution in [2.45, 2.75) is 32.5 Å². The third kappa shape index (κ3) is 4.26. The van der Waals surface area contributed by atoms with Crippen molar-refractivity contribution in [2.75, 3.05) is 5.32 Å². The van der Waals surface area contributed by atoms with Crippen LogP contribution in [0.1, 0.15) is 26.5 Å². The number of hydrogen-bond acceptors (Lipinski definition) is 6. The molecule has 0 bridgehead atoms. The second-order valence-corrected chi connectivity index (χ2v) is 6.05. The molecule has 0 aliphatic carbocycles. The van der Waals surface area contributed by atoms with Crippen LogP contribution in [0.4, 0.5) is 29.5 Å². The summed E-state index contributed by atoms with van der Waals surface area (Å²) in [5.74, 6) is -0.815. The molecule has 0 spiro atoms. The molecule has 0 aromatic carbocycles. The molecule has 0 saturated carbocycles. The van der Waals surface area contributed by atoms with Gasteiger partial charge in [0.1, 0.15) is 11.8 Å². The average Bonchev–Trinajstić information content (AvgIpc) is 2.88. The molecule has 2 heterocycles. The Balaban J connectivity index is 2.53. The molecule has 0 radical (unpaired) electrons. The molecule has 0 aliphatic rings. The summed E-state index contributed by atoms with van der Waals surface area (Å²) >= 11 is 0. The van der Waals surface area contributed by atoms with E-state index in [9.17, 15) is 28.1 Å². The molecule has 0 fully saturated rings. The number of anilines is 1. The Labute approximate surface area is 144 Å². The number of aromatic nitrogens is 3. The van der Waals surface area contributed by atoms with Crippen molar-refractivity contribution in [2.24, 2.45) is 0 Å². The van der Waals surface area contributed by atoms with E-state index in [0.717, 1.165) is 18.5 Å². The number of nitrogens with zero attached hydrogens (tertiary/aromatic N) is 4. The van der Waals surface area contributed by atoms with Gasteiger partial charge in [-0.2, -0.15) is 18.3 Å². The van der Waals surface area contributed by atoms with Crippen molar-refractivity contribution in [3.05, 3.63) is 40.3 Å². The monoisotopic (exact) mass is 373 g/mol. The summed E-state index contributed by atoms with van der Waals surface area (Å²) in [4.78, 5) is 25.3. The molecule has 1 amide bonds. The lowest BCUT2D eigenvalue weighted by Gasteiger charge is -2.20. The van der Waals surface area contributed by atoms with Gasteiger partial charge in [0.2, 0.25) is 0 Å². The van der Waals surface area contributed by atoms with E-state index in [-0.39, 0.29) is 0 Å². The molecule has 9 nitrogen and oxygen atoms in total. The summed E-state index contributed by atoms with van der Waals surface area (Å²) in [6.07, 6.45) is -4.30. The van der Waals surface area contributed by atoms with Crippen molar-refractivity contribution in [3.63, 3.8) is 0 Å². The number of alkyl halides is 3. The largest absolute Gasteiger partial charge is 0.444 e. The molecule has 2 aromatic heterocycles. The standard InChI is InChI=1S/C14H14F3N5O4/c1-13(2,3)26-12(23)20-8-7-19-21(10(8)14(15,16)17)9-5-4-6-18-11(9)22(24)25/h4-7H,1-3H3,(H,20,23). The Bertz CT molecular complexity index is 842. The number of carbonyl (C=O) groups is 1. The first kappa shape index (κ1) is 19.1. The summed E-state index contributed by atoms with van der Waals surface area (Å²) in [5.41, 5.74) is -3.54. The van der Waals surface area contributed by atoms with Crippen LogP contribution in [0.15, 0.2) is 24.5 Å². The summed E-state index contributed by atoms with van der Waals surface area (Å²) in [7, 11) is 0. The van der Waals surface area contributed by atoms with Crippen LogP contribution < -0.4 is 5.32 Å². The van der Waals surface area contributed by atoms with E-state index in [0.29, 0.717) is 4.68 Å². The summed E-state index contributed by atoms with van der Waals surface area (Å²) < 4.78 is 45.7. The summed E-state index contributed by atoms with van der Waals surface area (Å²) in [6, 6.07) is 2.29. The predicted octanol–water partition coefficient (Wildman–Crippen LogP) is 3.54. The van der Waals surface area contributed by atoms with Crippen molar-refractivity contribution >= 4 is 17.6 Å². The minimum Gasteiger partial charge on any atom is -0.444 e. The zero-order chi connectivity index (χ0) is 19.7. The number of rotatable bonds is 3. The highest BCUT2D eigenvalue weighted by atomic mass is 19.4. The summed E-state index contributed by atoms with van der Waals surface area (Å²) in [5, 5.41) is 16.5. The molecule has 2 rings (SSSR count). The SMILES string of the molecule is CC(C)(C)OC(=O)Nc1cnn(-c2cccnc2[N+](=O)[O-])c1C(F)(F)F. The highest BCUT2D eigenvalue weighted by Gasteiger charge is 2.41. The van der Waals surface area contributed by atoms with Gasteiger partial charge in [0.15, 0.2) is 11.4 Å². The molecule has 140 valence electrons. The fraction of sp³-hybridized carbons (Fsp3) is 0.357. The maximum atomic E-state index is 13.5. The van der Waals surface area contributed by atoms with E-state index in [4.69, 9.17) is 4.74 Å². The fourth-order valence-corrected chi connectivity index (χ4v) is 2.00. The molecule has 0 aliphatic heterocycles. The normalized spacial score (nSPS) is 11.9. The van der Waals surface area contributed by atoms with Crippen LogP contribution in [0.3, 0.4) is 0 Å². The van der Waals surface area contributed by atoms with Gasteiger partial charge >= 0.3 is 18.1 Å². The number of nitrogens with one attached hydrogen (secondary N) is 1. The zero-order valence-electron chi connectivity index (χ0n) is 13.9. The molecule has 1 N–H and O–H groups in total.